The van der Waals surface area contributed by atoms with Crippen LogP contribution in [0.1, 0.15) is 62.6 Å². The zero-order chi connectivity index (χ0) is 14.2. The molecule has 2 aliphatic rings. The number of aryl methyl sites for hydroxylation is 1. The van der Waals surface area contributed by atoms with Crippen molar-refractivity contribution in [2.45, 2.75) is 57.9 Å². The third-order valence-electron chi connectivity index (χ3n) is 5.26. The SMILES string of the molecule is CCC1(C(=O)NC2CCCc3cc(N)ccc32)CCC1. The standard InChI is InChI=1S/C17H24N2O/c1-2-17(9-4-10-17)16(20)19-15-6-3-5-12-11-13(18)7-8-14(12)15/h7-8,11,15H,2-6,9-10,18H2,1H3,(H,19,20). The fourth-order valence-corrected chi connectivity index (χ4v) is 3.64. The van der Waals surface area contributed by atoms with Gasteiger partial charge in [-0.05, 0) is 61.8 Å². The summed E-state index contributed by atoms with van der Waals surface area (Å²) in [5, 5.41) is 3.31. The van der Waals surface area contributed by atoms with Gasteiger partial charge in [0.2, 0.25) is 5.91 Å². The Morgan fingerprint density at radius 1 is 1.40 bits per heavy atom. The summed E-state index contributed by atoms with van der Waals surface area (Å²) >= 11 is 0. The molecule has 0 radical (unpaired) electrons. The molecule has 1 atom stereocenters. The molecule has 1 aromatic carbocycles. The van der Waals surface area contributed by atoms with E-state index in [4.69, 9.17) is 5.73 Å². The Balaban J connectivity index is 1.78. The smallest absolute Gasteiger partial charge is 0.226 e. The normalized spacial score (nSPS) is 23.6. The minimum Gasteiger partial charge on any atom is -0.399 e. The van der Waals surface area contributed by atoms with Crippen molar-refractivity contribution in [1.29, 1.82) is 0 Å². The van der Waals surface area contributed by atoms with Crippen LogP contribution in [0.25, 0.3) is 0 Å². The molecule has 3 rings (SSSR count). The number of fused-ring (bicyclic) bond motifs is 1. The van der Waals surface area contributed by atoms with Crippen molar-refractivity contribution < 1.29 is 4.79 Å². The van der Waals surface area contributed by atoms with Crippen LogP contribution in [0.2, 0.25) is 0 Å². The zero-order valence-electron chi connectivity index (χ0n) is 12.2. The number of hydrogen-bond acceptors (Lipinski definition) is 2. The maximum atomic E-state index is 12.6. The van der Waals surface area contributed by atoms with Crippen molar-refractivity contribution in [3.63, 3.8) is 0 Å². The number of amides is 1. The molecule has 0 aromatic heterocycles. The Morgan fingerprint density at radius 3 is 2.85 bits per heavy atom. The molecular formula is C17H24N2O. The summed E-state index contributed by atoms with van der Waals surface area (Å²) in [6.45, 7) is 2.13. The zero-order valence-corrected chi connectivity index (χ0v) is 12.2. The quantitative estimate of drug-likeness (QED) is 0.829. The second-order valence-electron chi connectivity index (χ2n) is 6.36. The summed E-state index contributed by atoms with van der Waals surface area (Å²) in [6.07, 6.45) is 7.50. The van der Waals surface area contributed by atoms with E-state index in [2.05, 4.69) is 24.4 Å². The summed E-state index contributed by atoms with van der Waals surface area (Å²) in [5.74, 6) is 0.265. The molecule has 0 aliphatic heterocycles. The first-order chi connectivity index (χ1) is 9.64. The molecule has 1 saturated carbocycles. The lowest BCUT2D eigenvalue weighted by Crippen LogP contribution is -2.46. The Labute approximate surface area is 120 Å². The second-order valence-corrected chi connectivity index (χ2v) is 6.36. The van der Waals surface area contributed by atoms with Crippen molar-refractivity contribution in [1.82, 2.24) is 5.32 Å². The predicted molar refractivity (Wildman–Crippen MR) is 81.3 cm³/mol. The van der Waals surface area contributed by atoms with E-state index in [9.17, 15) is 4.79 Å². The van der Waals surface area contributed by atoms with Crippen LogP contribution < -0.4 is 11.1 Å². The van der Waals surface area contributed by atoms with Crippen molar-refractivity contribution in [2.75, 3.05) is 5.73 Å². The van der Waals surface area contributed by atoms with Crippen molar-refractivity contribution in [3.05, 3.63) is 29.3 Å². The van der Waals surface area contributed by atoms with E-state index in [0.29, 0.717) is 0 Å². The molecule has 20 heavy (non-hydrogen) atoms. The van der Waals surface area contributed by atoms with Gasteiger partial charge in [0.15, 0.2) is 0 Å². The lowest BCUT2D eigenvalue weighted by Gasteiger charge is -2.41. The number of carbonyl (C=O) groups is 1. The van der Waals surface area contributed by atoms with Crippen LogP contribution in [0.5, 0.6) is 0 Å². The first-order valence-electron chi connectivity index (χ1n) is 7.84. The Hall–Kier alpha value is -1.51. The molecule has 1 aromatic rings. The number of nitrogen functional groups attached to an aromatic ring is 1. The maximum Gasteiger partial charge on any atom is 0.226 e. The summed E-state index contributed by atoms with van der Waals surface area (Å²) in [7, 11) is 0. The van der Waals surface area contributed by atoms with Crippen LogP contribution in [-0.2, 0) is 11.2 Å². The lowest BCUT2D eigenvalue weighted by atomic mass is 9.66. The summed E-state index contributed by atoms with van der Waals surface area (Å²) in [5.41, 5.74) is 9.18. The minimum absolute atomic E-state index is 0.0780. The van der Waals surface area contributed by atoms with Gasteiger partial charge in [-0.15, -0.1) is 0 Å². The monoisotopic (exact) mass is 272 g/mol. The molecular weight excluding hydrogens is 248 g/mol. The van der Waals surface area contributed by atoms with Crippen LogP contribution >= 0.6 is 0 Å². The fraction of sp³-hybridized carbons (Fsp3) is 0.588. The highest BCUT2D eigenvalue weighted by atomic mass is 16.2. The number of benzene rings is 1. The molecule has 0 heterocycles. The molecule has 3 N–H and O–H groups in total. The average molecular weight is 272 g/mol. The molecule has 108 valence electrons. The average Bonchev–Trinajstić information content (AvgIpc) is 2.38. The highest BCUT2D eigenvalue weighted by molar-refractivity contribution is 5.84. The first-order valence-corrected chi connectivity index (χ1v) is 7.84. The van der Waals surface area contributed by atoms with Gasteiger partial charge in [0.25, 0.3) is 0 Å². The molecule has 0 spiro atoms. The van der Waals surface area contributed by atoms with Crippen molar-refractivity contribution in [3.8, 4) is 0 Å². The van der Waals surface area contributed by atoms with Gasteiger partial charge >= 0.3 is 0 Å². The number of nitrogens with two attached hydrogens (primary N) is 1. The number of carbonyl (C=O) groups excluding carboxylic acids is 1. The van der Waals surface area contributed by atoms with Crippen LogP contribution in [0.4, 0.5) is 5.69 Å². The highest BCUT2D eigenvalue weighted by Crippen LogP contribution is 2.44. The van der Waals surface area contributed by atoms with E-state index in [1.54, 1.807) is 0 Å². The molecule has 1 fully saturated rings. The van der Waals surface area contributed by atoms with Gasteiger partial charge in [0.1, 0.15) is 0 Å². The number of hydrogen-bond donors (Lipinski definition) is 2. The number of nitrogens with one attached hydrogen (secondary N) is 1. The molecule has 3 nitrogen and oxygen atoms in total. The third kappa shape index (κ3) is 2.19. The van der Waals surface area contributed by atoms with Gasteiger partial charge < -0.3 is 11.1 Å². The summed E-state index contributed by atoms with van der Waals surface area (Å²) < 4.78 is 0. The van der Waals surface area contributed by atoms with E-state index >= 15 is 0 Å². The Morgan fingerprint density at radius 2 is 2.20 bits per heavy atom. The Bertz CT molecular complexity index is 514. The topological polar surface area (TPSA) is 55.1 Å². The van der Waals surface area contributed by atoms with Gasteiger partial charge in [0, 0.05) is 11.1 Å². The van der Waals surface area contributed by atoms with Crippen molar-refractivity contribution >= 4 is 11.6 Å². The van der Waals surface area contributed by atoms with Crippen LogP contribution in [-0.4, -0.2) is 5.91 Å². The number of anilines is 1. The fourth-order valence-electron chi connectivity index (χ4n) is 3.64. The molecule has 2 aliphatic carbocycles. The summed E-state index contributed by atoms with van der Waals surface area (Å²) in [6, 6.07) is 6.28. The second kappa shape index (κ2) is 5.12. The molecule has 0 bridgehead atoms. The van der Waals surface area contributed by atoms with Crippen LogP contribution in [0, 0.1) is 5.41 Å². The lowest BCUT2D eigenvalue weighted by molar-refractivity contribution is -0.137. The van der Waals surface area contributed by atoms with E-state index in [1.165, 1.54) is 17.5 Å². The van der Waals surface area contributed by atoms with E-state index in [-0.39, 0.29) is 17.4 Å². The third-order valence-corrected chi connectivity index (χ3v) is 5.26. The summed E-state index contributed by atoms with van der Waals surface area (Å²) in [4.78, 5) is 12.6. The van der Waals surface area contributed by atoms with E-state index in [1.807, 2.05) is 6.07 Å². The molecule has 1 amide bonds. The highest BCUT2D eigenvalue weighted by Gasteiger charge is 2.43. The molecule has 3 heteroatoms. The van der Waals surface area contributed by atoms with Gasteiger partial charge in [-0.25, -0.2) is 0 Å². The van der Waals surface area contributed by atoms with E-state index in [0.717, 1.165) is 44.2 Å². The van der Waals surface area contributed by atoms with Gasteiger partial charge in [0.05, 0.1) is 6.04 Å². The van der Waals surface area contributed by atoms with Crippen LogP contribution in [0.15, 0.2) is 18.2 Å². The first kappa shape index (κ1) is 13.5. The Kier molecular flexibility index (Phi) is 3.45. The maximum absolute atomic E-state index is 12.6. The van der Waals surface area contributed by atoms with Crippen molar-refractivity contribution in [2.24, 2.45) is 5.41 Å². The van der Waals surface area contributed by atoms with Gasteiger partial charge in [-0.2, -0.15) is 0 Å². The minimum atomic E-state index is -0.0780. The molecule has 0 saturated heterocycles. The predicted octanol–water partition coefficient (Wildman–Crippen LogP) is 3.34. The van der Waals surface area contributed by atoms with E-state index < -0.39 is 0 Å². The largest absolute Gasteiger partial charge is 0.399 e. The number of rotatable bonds is 3. The molecule has 1 unspecified atom stereocenters. The van der Waals surface area contributed by atoms with Gasteiger partial charge in [-0.1, -0.05) is 19.4 Å². The van der Waals surface area contributed by atoms with Crippen LogP contribution in [0.3, 0.4) is 0 Å². The van der Waals surface area contributed by atoms with Gasteiger partial charge in [-0.3, -0.25) is 4.79 Å².